The van der Waals surface area contributed by atoms with Crippen LogP contribution in [-0.4, -0.2) is 22.5 Å². The first-order valence-corrected chi connectivity index (χ1v) is 7.54. The maximum Gasteiger partial charge on any atom is 0.356 e. The Hall–Kier alpha value is -0.643. The molecule has 0 aliphatic rings. The molecule has 2 nitrogen and oxygen atoms in total. The van der Waals surface area contributed by atoms with E-state index < -0.39 is 9.28 Å². The molecule has 1 rings (SSSR count). The molecule has 0 aliphatic heterocycles. The summed E-state index contributed by atoms with van der Waals surface area (Å²) in [5.74, 6) is 0.520. The van der Waals surface area contributed by atoms with Crippen molar-refractivity contribution < 1.29 is 8.85 Å². The summed E-state index contributed by atoms with van der Waals surface area (Å²) >= 11 is 0. The summed E-state index contributed by atoms with van der Waals surface area (Å²) < 4.78 is 11.6. The molecular formula is C13H22O2Si. The van der Waals surface area contributed by atoms with Gasteiger partial charge in [-0.3, -0.25) is 0 Å². The van der Waals surface area contributed by atoms with Crippen LogP contribution in [0.15, 0.2) is 24.3 Å². The first-order chi connectivity index (χ1) is 7.70. The van der Waals surface area contributed by atoms with Crippen molar-refractivity contribution in [2.75, 3.05) is 13.2 Å². The van der Waals surface area contributed by atoms with Crippen LogP contribution < -0.4 is 5.19 Å². The van der Waals surface area contributed by atoms with Crippen molar-refractivity contribution >= 4 is 14.5 Å². The topological polar surface area (TPSA) is 18.5 Å². The largest absolute Gasteiger partial charge is 0.394 e. The minimum Gasteiger partial charge on any atom is -0.394 e. The van der Waals surface area contributed by atoms with E-state index in [2.05, 4.69) is 38.1 Å². The molecule has 0 unspecified atom stereocenters. The van der Waals surface area contributed by atoms with Crippen LogP contribution in [0.2, 0.25) is 0 Å². The molecule has 1 aromatic carbocycles. The number of rotatable bonds is 6. The van der Waals surface area contributed by atoms with Gasteiger partial charge in [-0.2, -0.15) is 0 Å². The predicted octanol–water partition coefficient (Wildman–Crippen LogP) is 2.31. The summed E-state index contributed by atoms with van der Waals surface area (Å²) in [4.78, 5) is 0. The lowest BCUT2D eigenvalue weighted by Gasteiger charge is -2.19. The fourth-order valence-corrected chi connectivity index (χ4v) is 3.81. The third-order valence-corrected chi connectivity index (χ3v) is 4.81. The van der Waals surface area contributed by atoms with Gasteiger partial charge in [0, 0.05) is 13.2 Å². The van der Waals surface area contributed by atoms with Crippen LogP contribution >= 0.6 is 0 Å². The molecule has 0 saturated carbocycles. The van der Waals surface area contributed by atoms with E-state index in [4.69, 9.17) is 8.85 Å². The van der Waals surface area contributed by atoms with Gasteiger partial charge in [0.15, 0.2) is 0 Å². The monoisotopic (exact) mass is 238 g/mol. The number of hydrogen-bond acceptors (Lipinski definition) is 2. The average Bonchev–Trinajstić information content (AvgIpc) is 2.29. The number of hydrogen-bond donors (Lipinski definition) is 0. The average molecular weight is 238 g/mol. The predicted molar refractivity (Wildman–Crippen MR) is 70.6 cm³/mol. The second kappa shape index (κ2) is 6.84. The normalized spacial score (nSPS) is 11.4. The zero-order valence-electron chi connectivity index (χ0n) is 10.7. The lowest BCUT2D eigenvalue weighted by molar-refractivity contribution is 0.225. The molecule has 0 bridgehead atoms. The lowest BCUT2D eigenvalue weighted by Crippen LogP contribution is -2.39. The van der Waals surface area contributed by atoms with E-state index in [1.807, 2.05) is 13.8 Å². The summed E-state index contributed by atoms with van der Waals surface area (Å²) in [7, 11) is -1.69. The van der Waals surface area contributed by atoms with Crippen LogP contribution in [0.3, 0.4) is 0 Å². The van der Waals surface area contributed by atoms with Crippen molar-refractivity contribution in [3.05, 3.63) is 29.8 Å². The summed E-state index contributed by atoms with van der Waals surface area (Å²) in [6.07, 6.45) is 0. The van der Waals surface area contributed by atoms with Gasteiger partial charge in [0.25, 0.3) is 0 Å². The molecular weight excluding hydrogens is 216 g/mol. The van der Waals surface area contributed by atoms with Crippen molar-refractivity contribution in [2.45, 2.75) is 33.6 Å². The van der Waals surface area contributed by atoms with E-state index in [0.717, 1.165) is 13.2 Å². The first kappa shape index (κ1) is 13.4. The van der Waals surface area contributed by atoms with Gasteiger partial charge in [-0.1, -0.05) is 38.1 Å². The Labute approximate surface area is 100 Å². The van der Waals surface area contributed by atoms with Crippen LogP contribution in [0.25, 0.3) is 0 Å². The molecule has 0 N–H and O–H groups in total. The zero-order valence-corrected chi connectivity index (χ0v) is 11.8. The fourth-order valence-electron chi connectivity index (χ4n) is 1.78. The van der Waals surface area contributed by atoms with E-state index in [-0.39, 0.29) is 0 Å². The molecule has 1 aromatic rings. The summed E-state index contributed by atoms with van der Waals surface area (Å²) in [5, 5.41) is 1.29. The van der Waals surface area contributed by atoms with Gasteiger partial charge in [-0.05, 0) is 30.5 Å². The Morgan fingerprint density at radius 2 is 1.62 bits per heavy atom. The lowest BCUT2D eigenvalue weighted by atomic mass is 10.0. The molecule has 0 aromatic heterocycles. The molecule has 16 heavy (non-hydrogen) atoms. The van der Waals surface area contributed by atoms with Crippen LogP contribution in [0.4, 0.5) is 0 Å². The third kappa shape index (κ3) is 3.44. The molecule has 0 aliphatic carbocycles. The standard InChI is InChI=1S/C13H22O2Si/c1-5-14-16(15-6-2)13-10-8-7-9-12(13)11(3)4/h7-11,16H,5-6H2,1-4H3. The molecule has 0 heterocycles. The van der Waals surface area contributed by atoms with E-state index in [1.165, 1.54) is 10.8 Å². The third-order valence-electron chi connectivity index (χ3n) is 2.51. The van der Waals surface area contributed by atoms with Crippen molar-refractivity contribution in [2.24, 2.45) is 0 Å². The van der Waals surface area contributed by atoms with Crippen LogP contribution in [-0.2, 0) is 8.85 Å². The van der Waals surface area contributed by atoms with Gasteiger partial charge in [-0.15, -0.1) is 0 Å². The van der Waals surface area contributed by atoms with Crippen molar-refractivity contribution in [3.63, 3.8) is 0 Å². The Bertz CT molecular complexity index is 307. The Balaban J connectivity index is 2.97. The van der Waals surface area contributed by atoms with E-state index in [0.29, 0.717) is 5.92 Å². The summed E-state index contributed by atoms with van der Waals surface area (Å²) in [6, 6.07) is 8.48. The van der Waals surface area contributed by atoms with E-state index in [1.54, 1.807) is 0 Å². The van der Waals surface area contributed by atoms with Gasteiger partial charge >= 0.3 is 9.28 Å². The van der Waals surface area contributed by atoms with Gasteiger partial charge in [0.1, 0.15) is 0 Å². The van der Waals surface area contributed by atoms with E-state index in [9.17, 15) is 0 Å². The molecule has 90 valence electrons. The highest BCUT2D eigenvalue weighted by Crippen LogP contribution is 2.12. The highest BCUT2D eigenvalue weighted by atomic mass is 28.3. The Kier molecular flexibility index (Phi) is 5.73. The molecule has 0 amide bonds. The quantitative estimate of drug-likeness (QED) is 0.708. The van der Waals surface area contributed by atoms with Gasteiger partial charge < -0.3 is 8.85 Å². The van der Waals surface area contributed by atoms with Gasteiger partial charge in [0.2, 0.25) is 0 Å². The van der Waals surface area contributed by atoms with Crippen molar-refractivity contribution in [3.8, 4) is 0 Å². The maximum atomic E-state index is 5.78. The van der Waals surface area contributed by atoms with Gasteiger partial charge in [-0.25, -0.2) is 0 Å². The van der Waals surface area contributed by atoms with Crippen molar-refractivity contribution in [1.29, 1.82) is 0 Å². The van der Waals surface area contributed by atoms with Gasteiger partial charge in [0.05, 0.1) is 0 Å². The molecule has 0 spiro atoms. The second-order valence-electron chi connectivity index (χ2n) is 4.03. The summed E-state index contributed by atoms with van der Waals surface area (Å²) in [6.45, 7) is 9.92. The Morgan fingerprint density at radius 3 is 2.12 bits per heavy atom. The Morgan fingerprint density at radius 1 is 1.06 bits per heavy atom. The minimum absolute atomic E-state index is 0.520. The molecule has 0 fully saturated rings. The second-order valence-corrected chi connectivity index (χ2v) is 5.98. The first-order valence-electron chi connectivity index (χ1n) is 6.02. The van der Waals surface area contributed by atoms with E-state index >= 15 is 0 Å². The fraction of sp³-hybridized carbons (Fsp3) is 0.538. The zero-order chi connectivity index (χ0) is 12.0. The minimum atomic E-state index is -1.69. The van der Waals surface area contributed by atoms with Crippen LogP contribution in [0.5, 0.6) is 0 Å². The molecule has 0 atom stereocenters. The van der Waals surface area contributed by atoms with Crippen LogP contribution in [0.1, 0.15) is 39.2 Å². The smallest absolute Gasteiger partial charge is 0.356 e. The maximum absolute atomic E-state index is 5.78. The number of benzene rings is 1. The SMILES string of the molecule is CCO[SiH](OCC)c1ccccc1C(C)C. The highest BCUT2D eigenvalue weighted by molar-refractivity contribution is 6.61. The van der Waals surface area contributed by atoms with Crippen LogP contribution in [0, 0.1) is 0 Å². The van der Waals surface area contributed by atoms with Crippen molar-refractivity contribution in [1.82, 2.24) is 0 Å². The highest BCUT2D eigenvalue weighted by Gasteiger charge is 2.19. The molecule has 3 heteroatoms. The molecule has 0 radical (unpaired) electrons. The molecule has 0 saturated heterocycles. The summed E-state index contributed by atoms with van der Waals surface area (Å²) in [5.41, 5.74) is 1.36.